The van der Waals surface area contributed by atoms with E-state index in [2.05, 4.69) is 47.6 Å². The highest BCUT2D eigenvalue weighted by molar-refractivity contribution is 7.92. The van der Waals surface area contributed by atoms with E-state index in [-0.39, 0.29) is 0 Å². The van der Waals surface area contributed by atoms with E-state index in [0.717, 1.165) is 46.2 Å². The number of benzene rings is 3. The molecule has 0 aromatic heterocycles. The second kappa shape index (κ2) is 7.34. The lowest BCUT2D eigenvalue weighted by Gasteiger charge is -2.19. The molecule has 0 bridgehead atoms. The van der Waals surface area contributed by atoms with Crippen LogP contribution in [0.1, 0.15) is 55.6 Å². The molecule has 31 heavy (non-hydrogen) atoms. The van der Waals surface area contributed by atoms with Crippen LogP contribution in [-0.4, -0.2) is 8.42 Å². The predicted octanol–water partition coefficient (Wildman–Crippen LogP) is 6.75. The molecule has 1 aliphatic heterocycles. The van der Waals surface area contributed by atoms with Crippen molar-refractivity contribution in [3.63, 3.8) is 0 Å². The van der Waals surface area contributed by atoms with Gasteiger partial charge in [0.2, 0.25) is 9.84 Å². The Morgan fingerprint density at radius 3 is 1.58 bits per heavy atom. The van der Waals surface area contributed by atoms with Crippen LogP contribution >= 0.6 is 0 Å². The molecule has 0 radical (unpaired) electrons. The minimum atomic E-state index is -3.46. The summed E-state index contributed by atoms with van der Waals surface area (Å²) in [5.74, 6) is 0. The standard InChI is InChI=1S/C28H32O2S/c1-15-11-25-26-12-17(3)23(14-28(26)31(29,30)27(25)13-16(15)2)9-10-24-21(7)19(5)18(4)20(6)22(24)8/h11-14H,9-10H2,1-8H3. The van der Waals surface area contributed by atoms with Gasteiger partial charge in [-0.25, -0.2) is 8.42 Å². The van der Waals surface area contributed by atoms with Crippen molar-refractivity contribution >= 4 is 9.84 Å². The summed E-state index contributed by atoms with van der Waals surface area (Å²) in [6, 6.07) is 7.87. The summed E-state index contributed by atoms with van der Waals surface area (Å²) in [4.78, 5) is 0.927. The van der Waals surface area contributed by atoms with Crippen molar-refractivity contribution in [3.05, 3.63) is 79.9 Å². The maximum absolute atomic E-state index is 13.3. The van der Waals surface area contributed by atoms with Gasteiger partial charge in [0.25, 0.3) is 0 Å². The average molecular weight is 433 g/mol. The summed E-state index contributed by atoms with van der Waals surface area (Å²) in [6.07, 6.45) is 1.76. The number of aryl methyl sites for hydroxylation is 4. The predicted molar refractivity (Wildman–Crippen MR) is 129 cm³/mol. The number of fused-ring (bicyclic) bond motifs is 3. The zero-order chi connectivity index (χ0) is 22.8. The van der Waals surface area contributed by atoms with Crippen molar-refractivity contribution in [2.24, 2.45) is 0 Å². The van der Waals surface area contributed by atoms with E-state index in [1.807, 2.05) is 32.0 Å². The topological polar surface area (TPSA) is 34.1 Å². The minimum absolute atomic E-state index is 0.457. The first kappa shape index (κ1) is 21.8. The van der Waals surface area contributed by atoms with Crippen LogP contribution in [-0.2, 0) is 22.7 Å². The van der Waals surface area contributed by atoms with Gasteiger partial charge in [-0.1, -0.05) is 0 Å². The smallest absolute Gasteiger partial charge is 0.207 e. The van der Waals surface area contributed by atoms with Crippen LogP contribution < -0.4 is 0 Å². The van der Waals surface area contributed by atoms with Gasteiger partial charge in [-0.15, -0.1) is 0 Å². The van der Waals surface area contributed by atoms with Crippen LogP contribution in [0.15, 0.2) is 34.1 Å². The summed E-state index contributed by atoms with van der Waals surface area (Å²) in [5, 5.41) is 0. The zero-order valence-electron chi connectivity index (χ0n) is 19.9. The number of rotatable bonds is 3. The molecule has 3 aromatic carbocycles. The Balaban J connectivity index is 1.77. The van der Waals surface area contributed by atoms with Gasteiger partial charge in [0.1, 0.15) is 0 Å². The molecule has 1 heterocycles. The molecular formula is C28H32O2S. The monoisotopic (exact) mass is 432 g/mol. The maximum Gasteiger partial charge on any atom is 0.207 e. The summed E-state index contributed by atoms with van der Waals surface area (Å²) >= 11 is 0. The van der Waals surface area contributed by atoms with Gasteiger partial charge in [-0.05, 0) is 148 Å². The normalized spacial score (nSPS) is 13.9. The Hall–Kier alpha value is -2.39. The Morgan fingerprint density at radius 1 is 0.548 bits per heavy atom. The quantitative estimate of drug-likeness (QED) is 0.359. The summed E-state index contributed by atoms with van der Waals surface area (Å²) in [6.45, 7) is 17.2. The Kier molecular flexibility index (Phi) is 5.17. The average Bonchev–Trinajstić information content (AvgIpc) is 2.91. The van der Waals surface area contributed by atoms with E-state index in [1.165, 1.54) is 33.4 Å². The summed E-state index contributed by atoms with van der Waals surface area (Å²) in [7, 11) is -3.46. The van der Waals surface area contributed by atoms with Crippen LogP contribution in [0.4, 0.5) is 0 Å². The van der Waals surface area contributed by atoms with Gasteiger partial charge in [0.15, 0.2) is 0 Å². The number of sulfone groups is 1. The molecule has 2 nitrogen and oxygen atoms in total. The largest absolute Gasteiger partial charge is 0.218 e. The Labute approximate surface area is 187 Å². The van der Waals surface area contributed by atoms with Crippen molar-refractivity contribution in [2.45, 2.75) is 78.0 Å². The van der Waals surface area contributed by atoms with E-state index in [9.17, 15) is 8.42 Å². The van der Waals surface area contributed by atoms with E-state index in [0.29, 0.717) is 9.79 Å². The summed E-state index contributed by atoms with van der Waals surface area (Å²) in [5.41, 5.74) is 14.4. The van der Waals surface area contributed by atoms with Crippen LogP contribution in [0.2, 0.25) is 0 Å². The zero-order valence-corrected chi connectivity index (χ0v) is 20.8. The van der Waals surface area contributed by atoms with Crippen LogP contribution in [0, 0.1) is 55.4 Å². The molecule has 0 aliphatic carbocycles. The molecule has 0 saturated heterocycles. The van der Waals surface area contributed by atoms with Crippen molar-refractivity contribution in [1.29, 1.82) is 0 Å². The summed E-state index contributed by atoms with van der Waals surface area (Å²) < 4.78 is 26.6. The molecule has 0 atom stereocenters. The van der Waals surface area contributed by atoms with E-state index in [4.69, 9.17) is 0 Å². The van der Waals surface area contributed by atoms with E-state index >= 15 is 0 Å². The molecule has 0 fully saturated rings. The fraction of sp³-hybridized carbons (Fsp3) is 0.357. The highest BCUT2D eigenvalue weighted by atomic mass is 32.2. The molecule has 1 aliphatic rings. The molecule has 0 N–H and O–H groups in total. The molecule has 0 amide bonds. The highest BCUT2D eigenvalue weighted by Gasteiger charge is 2.34. The molecular weight excluding hydrogens is 400 g/mol. The SMILES string of the molecule is Cc1cc2c(cc1C)S(=O)(=O)c1cc(CCc3c(C)c(C)c(C)c(C)c3C)c(C)cc1-2. The fourth-order valence-electron chi connectivity index (χ4n) is 4.99. The van der Waals surface area contributed by atoms with Crippen molar-refractivity contribution in [2.75, 3.05) is 0 Å². The number of hydrogen-bond donors (Lipinski definition) is 0. The molecule has 0 spiro atoms. The van der Waals surface area contributed by atoms with Crippen molar-refractivity contribution in [3.8, 4) is 11.1 Å². The van der Waals surface area contributed by atoms with Crippen molar-refractivity contribution < 1.29 is 8.42 Å². The molecule has 4 rings (SSSR count). The van der Waals surface area contributed by atoms with Crippen LogP contribution in [0.25, 0.3) is 11.1 Å². The van der Waals surface area contributed by atoms with Crippen LogP contribution in [0.5, 0.6) is 0 Å². The molecule has 0 saturated carbocycles. The fourth-order valence-corrected chi connectivity index (χ4v) is 6.77. The highest BCUT2D eigenvalue weighted by Crippen LogP contribution is 2.45. The molecule has 0 unspecified atom stereocenters. The molecule has 162 valence electrons. The first-order valence-corrected chi connectivity index (χ1v) is 12.5. The second-order valence-corrected chi connectivity index (χ2v) is 11.2. The van der Waals surface area contributed by atoms with Gasteiger partial charge < -0.3 is 0 Å². The minimum Gasteiger partial charge on any atom is -0.218 e. The lowest BCUT2D eigenvalue weighted by Crippen LogP contribution is -2.05. The first-order valence-electron chi connectivity index (χ1n) is 11.0. The molecule has 3 aromatic rings. The Morgan fingerprint density at radius 2 is 1.00 bits per heavy atom. The Bertz CT molecular complexity index is 1330. The van der Waals surface area contributed by atoms with Gasteiger partial charge in [0, 0.05) is 11.1 Å². The third-order valence-electron chi connectivity index (χ3n) is 7.70. The van der Waals surface area contributed by atoms with Gasteiger partial charge >= 0.3 is 0 Å². The van der Waals surface area contributed by atoms with Crippen molar-refractivity contribution in [1.82, 2.24) is 0 Å². The van der Waals surface area contributed by atoms with Gasteiger partial charge in [-0.2, -0.15) is 0 Å². The first-order chi connectivity index (χ1) is 14.4. The van der Waals surface area contributed by atoms with Gasteiger partial charge in [-0.3, -0.25) is 0 Å². The van der Waals surface area contributed by atoms with Crippen LogP contribution in [0.3, 0.4) is 0 Å². The lowest BCUT2D eigenvalue weighted by molar-refractivity contribution is 0.598. The van der Waals surface area contributed by atoms with Gasteiger partial charge in [0.05, 0.1) is 9.79 Å². The number of hydrogen-bond acceptors (Lipinski definition) is 2. The third kappa shape index (κ3) is 3.25. The second-order valence-electron chi connectivity index (χ2n) is 9.31. The molecule has 3 heteroatoms. The lowest BCUT2D eigenvalue weighted by atomic mass is 9.86. The third-order valence-corrected chi connectivity index (χ3v) is 9.54. The van der Waals surface area contributed by atoms with E-state index < -0.39 is 9.84 Å². The van der Waals surface area contributed by atoms with E-state index in [1.54, 1.807) is 0 Å². The maximum atomic E-state index is 13.3.